The molecule has 17 heavy (non-hydrogen) atoms. The lowest BCUT2D eigenvalue weighted by molar-refractivity contribution is 0.0252. The van der Waals surface area contributed by atoms with Crippen LogP contribution in [-0.4, -0.2) is 36.2 Å². The molecular formula is C13H26N2O2. The van der Waals surface area contributed by atoms with Crippen molar-refractivity contribution in [2.24, 2.45) is 11.1 Å². The van der Waals surface area contributed by atoms with Crippen molar-refractivity contribution in [3.8, 4) is 0 Å². The Labute approximate surface area is 104 Å². The van der Waals surface area contributed by atoms with E-state index < -0.39 is 5.60 Å². The van der Waals surface area contributed by atoms with Crippen molar-refractivity contribution >= 4 is 6.09 Å². The number of nitrogens with two attached hydrogens (primary N) is 1. The molecule has 0 bridgehead atoms. The number of ether oxygens (including phenoxy) is 1. The van der Waals surface area contributed by atoms with E-state index >= 15 is 0 Å². The highest BCUT2D eigenvalue weighted by Crippen LogP contribution is 2.29. The van der Waals surface area contributed by atoms with E-state index in [1.807, 2.05) is 25.7 Å². The van der Waals surface area contributed by atoms with Gasteiger partial charge in [0, 0.05) is 13.1 Å². The number of nitrogens with zero attached hydrogens (tertiary/aromatic N) is 1. The van der Waals surface area contributed by atoms with E-state index in [1.54, 1.807) is 0 Å². The molecule has 1 rings (SSSR count). The summed E-state index contributed by atoms with van der Waals surface area (Å²) in [6.45, 7) is 10.1. The molecule has 1 unspecified atom stereocenters. The van der Waals surface area contributed by atoms with Gasteiger partial charge in [-0.3, -0.25) is 0 Å². The van der Waals surface area contributed by atoms with Crippen LogP contribution in [0.5, 0.6) is 0 Å². The number of hydrogen-bond acceptors (Lipinski definition) is 3. The highest BCUT2D eigenvalue weighted by Gasteiger charge is 2.30. The monoisotopic (exact) mass is 242 g/mol. The van der Waals surface area contributed by atoms with Crippen LogP contribution in [0.4, 0.5) is 4.79 Å². The average Bonchev–Trinajstić information content (AvgIpc) is 2.39. The van der Waals surface area contributed by atoms with Crippen molar-refractivity contribution in [1.29, 1.82) is 0 Å². The Kier molecular flexibility index (Phi) is 4.42. The van der Waals surface area contributed by atoms with Gasteiger partial charge in [-0.05, 0) is 52.0 Å². The summed E-state index contributed by atoms with van der Waals surface area (Å²) in [4.78, 5) is 13.7. The lowest BCUT2D eigenvalue weighted by Gasteiger charge is -2.28. The van der Waals surface area contributed by atoms with E-state index in [-0.39, 0.29) is 11.5 Å². The molecule has 4 nitrogen and oxygen atoms in total. The maximum Gasteiger partial charge on any atom is 0.410 e. The highest BCUT2D eigenvalue weighted by molar-refractivity contribution is 5.68. The Morgan fingerprint density at radius 3 is 2.53 bits per heavy atom. The van der Waals surface area contributed by atoms with Gasteiger partial charge in [0.1, 0.15) is 5.60 Å². The van der Waals surface area contributed by atoms with Crippen LogP contribution in [0.15, 0.2) is 0 Å². The van der Waals surface area contributed by atoms with Gasteiger partial charge in [-0.15, -0.1) is 0 Å². The van der Waals surface area contributed by atoms with Crippen LogP contribution in [0.2, 0.25) is 0 Å². The van der Waals surface area contributed by atoms with Gasteiger partial charge in [0.15, 0.2) is 0 Å². The molecule has 0 spiro atoms. The number of carbonyl (C=O) groups excluding carboxylic acids is 1. The van der Waals surface area contributed by atoms with Crippen molar-refractivity contribution in [3.05, 3.63) is 0 Å². The predicted octanol–water partition coefficient (Wildman–Crippen LogP) is 2.37. The molecule has 1 fully saturated rings. The zero-order valence-electron chi connectivity index (χ0n) is 11.6. The Morgan fingerprint density at radius 1 is 1.35 bits per heavy atom. The molecule has 0 radical (unpaired) electrons. The van der Waals surface area contributed by atoms with Gasteiger partial charge < -0.3 is 15.4 Å². The Hall–Kier alpha value is -0.770. The minimum Gasteiger partial charge on any atom is -0.444 e. The summed E-state index contributed by atoms with van der Waals surface area (Å²) in [5.41, 5.74) is 5.56. The van der Waals surface area contributed by atoms with E-state index in [2.05, 4.69) is 6.92 Å². The third-order valence-corrected chi connectivity index (χ3v) is 3.34. The molecule has 0 aromatic carbocycles. The molecule has 1 aliphatic heterocycles. The van der Waals surface area contributed by atoms with Crippen molar-refractivity contribution in [1.82, 2.24) is 4.90 Å². The molecule has 1 aliphatic rings. The van der Waals surface area contributed by atoms with Crippen LogP contribution in [0.25, 0.3) is 0 Å². The van der Waals surface area contributed by atoms with Crippen molar-refractivity contribution in [3.63, 3.8) is 0 Å². The molecule has 1 amide bonds. The van der Waals surface area contributed by atoms with Crippen LogP contribution in [0, 0.1) is 5.41 Å². The van der Waals surface area contributed by atoms with Gasteiger partial charge in [0.25, 0.3) is 0 Å². The maximum absolute atomic E-state index is 11.9. The second-order valence-electron chi connectivity index (χ2n) is 6.34. The van der Waals surface area contributed by atoms with Crippen LogP contribution in [0.1, 0.15) is 47.0 Å². The first-order valence-corrected chi connectivity index (χ1v) is 6.44. The second kappa shape index (κ2) is 5.25. The smallest absolute Gasteiger partial charge is 0.410 e. The molecule has 0 aromatic rings. The molecular weight excluding hydrogens is 216 g/mol. The van der Waals surface area contributed by atoms with Crippen molar-refractivity contribution in [2.75, 3.05) is 19.6 Å². The normalized spacial score (nSPS) is 26.5. The summed E-state index contributed by atoms with van der Waals surface area (Å²) in [7, 11) is 0. The molecule has 0 aliphatic carbocycles. The fourth-order valence-corrected chi connectivity index (χ4v) is 2.05. The van der Waals surface area contributed by atoms with Crippen molar-refractivity contribution < 1.29 is 9.53 Å². The number of hydrogen-bond donors (Lipinski definition) is 1. The molecule has 1 atom stereocenters. The summed E-state index contributed by atoms with van der Waals surface area (Å²) < 4.78 is 5.39. The zero-order chi connectivity index (χ0) is 13.1. The summed E-state index contributed by atoms with van der Waals surface area (Å²) in [6, 6.07) is 0. The molecule has 100 valence electrons. The summed E-state index contributed by atoms with van der Waals surface area (Å²) in [6.07, 6.45) is 2.86. The van der Waals surface area contributed by atoms with E-state index in [4.69, 9.17) is 10.5 Å². The molecule has 0 aromatic heterocycles. The predicted molar refractivity (Wildman–Crippen MR) is 68.8 cm³/mol. The molecule has 1 heterocycles. The van der Waals surface area contributed by atoms with Crippen molar-refractivity contribution in [2.45, 2.75) is 52.6 Å². The Balaban J connectivity index is 2.54. The van der Waals surface area contributed by atoms with E-state index in [9.17, 15) is 4.79 Å². The molecule has 0 saturated carbocycles. The lowest BCUT2D eigenvalue weighted by atomic mass is 9.83. The minimum atomic E-state index is -0.416. The van der Waals surface area contributed by atoms with Gasteiger partial charge in [0.2, 0.25) is 0 Å². The highest BCUT2D eigenvalue weighted by atomic mass is 16.6. The lowest BCUT2D eigenvalue weighted by Crippen LogP contribution is -2.38. The largest absolute Gasteiger partial charge is 0.444 e. The summed E-state index contributed by atoms with van der Waals surface area (Å²) in [5, 5.41) is 0. The number of likely N-dealkylation sites (tertiary alicyclic amines) is 1. The number of rotatable bonds is 1. The van der Waals surface area contributed by atoms with E-state index in [0.29, 0.717) is 6.54 Å². The molecule has 2 N–H and O–H groups in total. The fraction of sp³-hybridized carbons (Fsp3) is 0.923. The van der Waals surface area contributed by atoms with Gasteiger partial charge in [-0.2, -0.15) is 0 Å². The van der Waals surface area contributed by atoms with Crippen LogP contribution in [-0.2, 0) is 4.74 Å². The topological polar surface area (TPSA) is 55.6 Å². The van der Waals surface area contributed by atoms with Gasteiger partial charge in [-0.1, -0.05) is 6.92 Å². The van der Waals surface area contributed by atoms with Crippen LogP contribution < -0.4 is 5.73 Å². The van der Waals surface area contributed by atoms with Crippen LogP contribution >= 0.6 is 0 Å². The minimum absolute atomic E-state index is 0.177. The van der Waals surface area contributed by atoms with Gasteiger partial charge in [0.05, 0.1) is 0 Å². The molecule has 4 heteroatoms. The first-order valence-electron chi connectivity index (χ1n) is 6.44. The first kappa shape index (κ1) is 14.3. The van der Waals surface area contributed by atoms with Gasteiger partial charge >= 0.3 is 6.09 Å². The van der Waals surface area contributed by atoms with E-state index in [0.717, 1.165) is 32.4 Å². The van der Waals surface area contributed by atoms with Gasteiger partial charge in [-0.25, -0.2) is 4.79 Å². The number of carbonyl (C=O) groups is 1. The SMILES string of the molecule is CC1(CN)CCCN(C(=O)OC(C)(C)C)CC1. The average molecular weight is 242 g/mol. The number of amides is 1. The summed E-state index contributed by atoms with van der Waals surface area (Å²) in [5.74, 6) is 0. The van der Waals surface area contributed by atoms with Crippen LogP contribution in [0.3, 0.4) is 0 Å². The maximum atomic E-state index is 11.9. The Morgan fingerprint density at radius 2 is 2.00 bits per heavy atom. The molecule has 1 saturated heterocycles. The Bertz CT molecular complexity index is 273. The first-order chi connectivity index (χ1) is 7.76. The third-order valence-electron chi connectivity index (χ3n) is 3.34. The second-order valence-corrected chi connectivity index (χ2v) is 6.34. The fourth-order valence-electron chi connectivity index (χ4n) is 2.05. The zero-order valence-corrected chi connectivity index (χ0v) is 11.6. The van der Waals surface area contributed by atoms with E-state index in [1.165, 1.54) is 0 Å². The standard InChI is InChI=1S/C13H26N2O2/c1-12(2,3)17-11(16)15-8-5-6-13(4,10-14)7-9-15/h5-10,14H2,1-4H3. The summed E-state index contributed by atoms with van der Waals surface area (Å²) >= 11 is 0. The quantitative estimate of drug-likeness (QED) is 0.768. The third kappa shape index (κ3) is 4.54.